The van der Waals surface area contributed by atoms with Crippen LogP contribution in [-0.4, -0.2) is 31.3 Å². The van der Waals surface area contributed by atoms with Crippen molar-refractivity contribution in [1.29, 1.82) is 5.26 Å². The van der Waals surface area contributed by atoms with Crippen molar-refractivity contribution in [3.05, 3.63) is 47.7 Å². The molecule has 0 unspecified atom stereocenters. The summed E-state index contributed by atoms with van der Waals surface area (Å²) in [5.41, 5.74) is 4.23. The Balaban J connectivity index is 2.18. The van der Waals surface area contributed by atoms with Crippen LogP contribution in [0.4, 0.5) is 5.82 Å². The van der Waals surface area contributed by atoms with E-state index in [1.165, 1.54) is 11.1 Å². The van der Waals surface area contributed by atoms with Crippen molar-refractivity contribution in [2.45, 2.75) is 31.6 Å². The van der Waals surface area contributed by atoms with Gasteiger partial charge in [-0.3, -0.25) is 0 Å². The van der Waals surface area contributed by atoms with Crippen LogP contribution in [0.3, 0.4) is 0 Å². The number of hydrogen-bond acceptors (Lipinski definition) is 4. The zero-order valence-electron chi connectivity index (χ0n) is 13.6. The Morgan fingerprint density at radius 1 is 1.13 bits per heavy atom. The SMILES string of the molecule is C=CC(C=C)c1nc(N2CCOCC2)c(C#N)c2c1CCCC2. The molecule has 0 amide bonds. The van der Waals surface area contributed by atoms with E-state index >= 15 is 0 Å². The third-order valence-corrected chi connectivity index (χ3v) is 4.77. The summed E-state index contributed by atoms with van der Waals surface area (Å²) in [6.45, 7) is 10.8. The molecule has 0 atom stereocenters. The topological polar surface area (TPSA) is 49.2 Å². The lowest BCUT2D eigenvalue weighted by Crippen LogP contribution is -2.38. The van der Waals surface area contributed by atoms with E-state index in [-0.39, 0.29) is 5.92 Å². The summed E-state index contributed by atoms with van der Waals surface area (Å²) in [7, 11) is 0. The number of nitrogens with zero attached hydrogens (tertiary/aromatic N) is 3. The number of rotatable bonds is 4. The predicted octanol–water partition coefficient (Wildman–Crippen LogP) is 3.12. The molecule has 0 bridgehead atoms. The highest BCUT2D eigenvalue weighted by molar-refractivity contribution is 5.62. The largest absolute Gasteiger partial charge is 0.378 e. The van der Waals surface area contributed by atoms with E-state index in [9.17, 15) is 5.26 Å². The van der Waals surface area contributed by atoms with Crippen LogP contribution < -0.4 is 4.90 Å². The maximum atomic E-state index is 9.76. The lowest BCUT2D eigenvalue weighted by Gasteiger charge is -2.32. The summed E-state index contributed by atoms with van der Waals surface area (Å²) in [5.74, 6) is 0.856. The molecular weight excluding hydrogens is 286 g/mol. The molecule has 1 aliphatic heterocycles. The van der Waals surface area contributed by atoms with Gasteiger partial charge in [0, 0.05) is 19.0 Å². The monoisotopic (exact) mass is 309 g/mol. The quantitative estimate of drug-likeness (QED) is 0.802. The van der Waals surface area contributed by atoms with E-state index in [0.717, 1.165) is 55.8 Å². The third-order valence-electron chi connectivity index (χ3n) is 4.77. The molecule has 2 heterocycles. The smallest absolute Gasteiger partial charge is 0.147 e. The van der Waals surface area contributed by atoms with Gasteiger partial charge in [-0.1, -0.05) is 12.2 Å². The van der Waals surface area contributed by atoms with Crippen molar-refractivity contribution in [2.24, 2.45) is 0 Å². The number of morpholine rings is 1. The number of pyridine rings is 1. The van der Waals surface area contributed by atoms with Crippen molar-refractivity contribution < 1.29 is 4.74 Å². The van der Waals surface area contributed by atoms with Crippen molar-refractivity contribution in [3.63, 3.8) is 0 Å². The molecule has 1 aromatic heterocycles. The molecule has 0 aromatic carbocycles. The molecule has 1 aliphatic carbocycles. The van der Waals surface area contributed by atoms with Gasteiger partial charge in [-0.25, -0.2) is 4.98 Å². The highest BCUT2D eigenvalue weighted by Gasteiger charge is 2.27. The molecule has 3 rings (SSSR count). The summed E-state index contributed by atoms with van der Waals surface area (Å²) >= 11 is 0. The fraction of sp³-hybridized carbons (Fsp3) is 0.474. The van der Waals surface area contributed by atoms with Gasteiger partial charge in [-0.15, -0.1) is 13.2 Å². The molecule has 0 spiro atoms. The standard InChI is InChI=1S/C19H23N3O/c1-3-14(4-2)18-16-8-6-5-7-15(16)17(13-20)19(21-18)22-9-11-23-12-10-22/h3-4,14H,1-2,5-12H2. The zero-order chi connectivity index (χ0) is 16.2. The minimum atomic E-state index is 0.0365. The summed E-state index contributed by atoms with van der Waals surface area (Å²) in [4.78, 5) is 7.11. The first kappa shape index (κ1) is 15.8. The normalized spacial score (nSPS) is 17.5. The molecule has 2 aliphatic rings. The first-order valence-corrected chi connectivity index (χ1v) is 8.33. The second kappa shape index (κ2) is 6.97. The Hall–Kier alpha value is -2.12. The van der Waals surface area contributed by atoms with Gasteiger partial charge in [-0.05, 0) is 36.8 Å². The lowest BCUT2D eigenvalue weighted by molar-refractivity contribution is 0.122. The van der Waals surface area contributed by atoms with Crippen LogP contribution in [0.15, 0.2) is 25.3 Å². The number of hydrogen-bond donors (Lipinski definition) is 0. The van der Waals surface area contributed by atoms with Crippen LogP contribution in [0.5, 0.6) is 0 Å². The molecule has 0 N–H and O–H groups in total. The van der Waals surface area contributed by atoms with Crippen molar-refractivity contribution >= 4 is 5.82 Å². The summed E-state index contributed by atoms with van der Waals surface area (Å²) in [6.07, 6.45) is 8.03. The molecule has 1 aromatic rings. The zero-order valence-corrected chi connectivity index (χ0v) is 13.6. The van der Waals surface area contributed by atoms with Gasteiger partial charge in [0.15, 0.2) is 0 Å². The first-order chi connectivity index (χ1) is 11.3. The average Bonchev–Trinajstić information content (AvgIpc) is 2.63. The molecule has 1 fully saturated rings. The van der Waals surface area contributed by atoms with Crippen molar-refractivity contribution in [1.82, 2.24) is 4.98 Å². The highest BCUT2D eigenvalue weighted by Crippen LogP contribution is 2.35. The number of aromatic nitrogens is 1. The first-order valence-electron chi connectivity index (χ1n) is 8.33. The predicted molar refractivity (Wildman–Crippen MR) is 91.8 cm³/mol. The van der Waals surface area contributed by atoms with Crippen molar-refractivity contribution in [2.75, 3.05) is 31.2 Å². The van der Waals surface area contributed by atoms with Gasteiger partial charge in [0.2, 0.25) is 0 Å². The van der Waals surface area contributed by atoms with Crippen LogP contribution in [0, 0.1) is 11.3 Å². The van der Waals surface area contributed by atoms with E-state index in [2.05, 4.69) is 24.1 Å². The van der Waals surface area contributed by atoms with Gasteiger partial charge >= 0.3 is 0 Å². The maximum Gasteiger partial charge on any atom is 0.147 e. The molecule has 4 nitrogen and oxygen atoms in total. The molecule has 23 heavy (non-hydrogen) atoms. The summed E-state index contributed by atoms with van der Waals surface area (Å²) in [6, 6.07) is 2.43. The minimum Gasteiger partial charge on any atom is -0.378 e. The molecular formula is C19H23N3O. The van der Waals surface area contributed by atoms with Gasteiger partial charge in [0.1, 0.15) is 11.9 Å². The van der Waals surface area contributed by atoms with Gasteiger partial charge in [-0.2, -0.15) is 5.26 Å². The van der Waals surface area contributed by atoms with Crippen LogP contribution >= 0.6 is 0 Å². The number of allylic oxidation sites excluding steroid dienone is 2. The fourth-order valence-electron chi connectivity index (χ4n) is 3.55. The molecule has 0 saturated carbocycles. The second-order valence-electron chi connectivity index (χ2n) is 6.07. The highest BCUT2D eigenvalue weighted by atomic mass is 16.5. The molecule has 120 valence electrons. The Labute approximate surface area is 138 Å². The van der Waals surface area contributed by atoms with E-state index in [1.807, 2.05) is 12.2 Å². The van der Waals surface area contributed by atoms with Crippen LogP contribution in [0.25, 0.3) is 0 Å². The van der Waals surface area contributed by atoms with Gasteiger partial charge in [0.25, 0.3) is 0 Å². The molecule has 4 heteroatoms. The maximum absolute atomic E-state index is 9.76. The second-order valence-corrected chi connectivity index (χ2v) is 6.07. The Bertz CT molecular complexity index is 646. The fourth-order valence-corrected chi connectivity index (χ4v) is 3.55. The van der Waals surface area contributed by atoms with Gasteiger partial charge < -0.3 is 9.64 Å². The molecule has 0 radical (unpaired) electrons. The number of anilines is 1. The number of fused-ring (bicyclic) bond motifs is 1. The number of ether oxygens (including phenoxy) is 1. The van der Waals surface area contributed by atoms with E-state index < -0.39 is 0 Å². The van der Waals surface area contributed by atoms with Crippen LogP contribution in [0.1, 0.15) is 41.1 Å². The summed E-state index contributed by atoms with van der Waals surface area (Å²) < 4.78 is 5.44. The Morgan fingerprint density at radius 2 is 1.78 bits per heavy atom. The molecule has 1 saturated heterocycles. The number of nitriles is 1. The third kappa shape index (κ3) is 2.89. The van der Waals surface area contributed by atoms with Crippen LogP contribution in [0.2, 0.25) is 0 Å². The van der Waals surface area contributed by atoms with E-state index in [0.29, 0.717) is 13.2 Å². The van der Waals surface area contributed by atoms with E-state index in [4.69, 9.17) is 9.72 Å². The van der Waals surface area contributed by atoms with Crippen LogP contribution in [-0.2, 0) is 17.6 Å². The van der Waals surface area contributed by atoms with Gasteiger partial charge in [0.05, 0.1) is 24.5 Å². The minimum absolute atomic E-state index is 0.0365. The Morgan fingerprint density at radius 3 is 2.39 bits per heavy atom. The average molecular weight is 309 g/mol. The summed E-state index contributed by atoms with van der Waals surface area (Å²) in [5, 5.41) is 9.76. The lowest BCUT2D eigenvalue weighted by atomic mass is 9.84. The Kier molecular flexibility index (Phi) is 4.78. The van der Waals surface area contributed by atoms with Crippen molar-refractivity contribution in [3.8, 4) is 6.07 Å². The van der Waals surface area contributed by atoms with E-state index in [1.54, 1.807) is 0 Å².